The van der Waals surface area contributed by atoms with E-state index in [-0.39, 0.29) is 60.5 Å². The van der Waals surface area contributed by atoms with E-state index < -0.39 is 59.2 Å². The summed E-state index contributed by atoms with van der Waals surface area (Å²) in [5, 5.41) is 14.3. The molecule has 2 unspecified atom stereocenters. The van der Waals surface area contributed by atoms with Crippen molar-refractivity contribution in [2.75, 3.05) is 26.4 Å². The maximum absolute atomic E-state index is 15.9. The zero-order valence-electron chi connectivity index (χ0n) is 31.1. The molecule has 17 heteroatoms. The number of carbonyl (C=O) groups is 3. The fourth-order valence-corrected chi connectivity index (χ4v) is 7.09. The summed E-state index contributed by atoms with van der Waals surface area (Å²) in [6, 6.07) is 15.2. The van der Waals surface area contributed by atoms with E-state index in [0.29, 0.717) is 11.6 Å². The summed E-state index contributed by atoms with van der Waals surface area (Å²) in [6.45, 7) is 4.31. The van der Waals surface area contributed by atoms with Crippen LogP contribution >= 0.6 is 11.8 Å². The molecule has 13 nitrogen and oxygen atoms in total. The van der Waals surface area contributed by atoms with Crippen LogP contribution in [0.3, 0.4) is 0 Å². The van der Waals surface area contributed by atoms with Crippen LogP contribution in [0.25, 0.3) is 6.08 Å². The smallest absolute Gasteiger partial charge is 0.407 e. The lowest BCUT2D eigenvalue weighted by Crippen LogP contribution is -2.47. The molecule has 0 aliphatic carbocycles. The third-order valence-electron chi connectivity index (χ3n) is 8.59. The molecule has 2 heterocycles. The first-order valence-corrected chi connectivity index (χ1v) is 18.6. The molecular weight excluding hydrogens is 780 g/mol. The van der Waals surface area contributed by atoms with Gasteiger partial charge in [-0.25, -0.2) is 32.4 Å². The van der Waals surface area contributed by atoms with Crippen molar-refractivity contribution in [2.24, 2.45) is 0 Å². The Hall–Kier alpha value is -6.22. The van der Waals surface area contributed by atoms with Gasteiger partial charge in [0, 0.05) is 28.0 Å². The van der Waals surface area contributed by atoms with Gasteiger partial charge in [0.1, 0.15) is 49.9 Å². The number of carbonyl (C=O) groups excluding carboxylic acids is 3. The average molecular weight is 818 g/mol. The third kappa shape index (κ3) is 11.7. The van der Waals surface area contributed by atoms with Gasteiger partial charge in [0.05, 0.1) is 42.2 Å². The number of ether oxygens (including phenoxy) is 5. The van der Waals surface area contributed by atoms with Crippen LogP contribution in [-0.4, -0.2) is 76.0 Å². The molecule has 0 spiro atoms. The highest BCUT2D eigenvalue weighted by atomic mass is 32.2. The van der Waals surface area contributed by atoms with E-state index in [1.807, 2.05) is 6.07 Å². The molecule has 0 radical (unpaired) electrons. The number of thioether (sulfide) groups is 1. The van der Waals surface area contributed by atoms with Crippen LogP contribution in [0, 0.1) is 28.8 Å². The highest BCUT2D eigenvalue weighted by Gasteiger charge is 2.47. The molecule has 302 valence electrons. The van der Waals surface area contributed by atoms with Crippen molar-refractivity contribution in [3.05, 3.63) is 149 Å². The molecule has 1 amide bonds. The summed E-state index contributed by atoms with van der Waals surface area (Å²) in [5.41, 5.74) is -1.24. The molecule has 1 N–H and O–H groups in total. The molecule has 1 saturated heterocycles. The zero-order valence-corrected chi connectivity index (χ0v) is 31.9. The van der Waals surface area contributed by atoms with Gasteiger partial charge in [-0.1, -0.05) is 55.1 Å². The summed E-state index contributed by atoms with van der Waals surface area (Å²) >= 11 is 1.29. The van der Waals surface area contributed by atoms with Gasteiger partial charge in [-0.15, -0.1) is 11.8 Å². The second-order valence-electron chi connectivity index (χ2n) is 12.6. The summed E-state index contributed by atoms with van der Waals surface area (Å²) < 4.78 is 74.1. The number of hydrogen-bond acceptors (Lipinski definition) is 12. The fraction of sp³-hybridized carbons (Fsp3) is 0.268. The van der Waals surface area contributed by atoms with Crippen LogP contribution in [0.2, 0.25) is 0 Å². The Labute approximate surface area is 336 Å². The molecule has 1 aliphatic rings. The van der Waals surface area contributed by atoms with Crippen LogP contribution in [0.4, 0.5) is 18.0 Å². The van der Waals surface area contributed by atoms with Crippen molar-refractivity contribution in [1.29, 1.82) is 5.26 Å². The lowest BCUT2D eigenvalue weighted by atomic mass is 9.89. The number of nitrogens with one attached hydrogen (secondary N) is 1. The van der Waals surface area contributed by atoms with E-state index >= 15 is 4.39 Å². The quantitative estimate of drug-likeness (QED) is 0.0540. The molecule has 3 aromatic carbocycles. The van der Waals surface area contributed by atoms with E-state index in [4.69, 9.17) is 28.9 Å². The number of hydrogen-bond donors (Lipinski definition) is 1. The number of esters is 2. The largest absolute Gasteiger partial charge is 0.459 e. The number of allylic oxidation sites excluding steroid dienone is 2. The minimum Gasteiger partial charge on any atom is -0.459 e. The van der Waals surface area contributed by atoms with Crippen LogP contribution in [-0.2, 0) is 47.2 Å². The summed E-state index contributed by atoms with van der Waals surface area (Å²) in [7, 11) is 0. The Morgan fingerprint density at radius 2 is 1.88 bits per heavy atom. The molecule has 1 aromatic heterocycles. The first-order chi connectivity index (χ1) is 28.0. The van der Waals surface area contributed by atoms with Crippen molar-refractivity contribution >= 4 is 35.9 Å². The Balaban J connectivity index is 1.33. The minimum atomic E-state index is -1.85. The van der Waals surface area contributed by atoms with Crippen molar-refractivity contribution in [3.63, 3.8) is 0 Å². The van der Waals surface area contributed by atoms with E-state index in [9.17, 15) is 23.2 Å². The van der Waals surface area contributed by atoms with E-state index in [1.165, 1.54) is 71.6 Å². The molecule has 2 atom stereocenters. The number of aromatic nitrogens is 3. The number of alkyl carbamates (subject to hydrolysis) is 1. The SMILES string of the molecule is C=CCOC(=O)NCC(=O)OCc1ccccc1C(=O)OC(Cn1cncn1)(c1ccc(F)cc1F)C(C)SC1COC(/C=C/C=C/c2ccc(C#N)cc2F)OC1. The highest BCUT2D eigenvalue weighted by molar-refractivity contribution is 8.00. The molecule has 1 aliphatic heterocycles. The van der Waals surface area contributed by atoms with Crippen molar-refractivity contribution in [3.8, 4) is 6.07 Å². The van der Waals surface area contributed by atoms with Gasteiger partial charge in [-0.3, -0.25) is 4.79 Å². The number of amides is 1. The molecule has 4 aromatic rings. The van der Waals surface area contributed by atoms with Crippen molar-refractivity contribution in [2.45, 2.75) is 42.5 Å². The Kier molecular flexibility index (Phi) is 15.4. The number of benzene rings is 3. The van der Waals surface area contributed by atoms with Gasteiger partial charge in [0.2, 0.25) is 0 Å². The standard InChI is InChI=1S/C41H38F3N5O8S/c1-3-16-53-40(52)47-20-37(50)54-21-30-9-4-6-10-33(30)39(51)57-41(24-49-26-46-25-48-49,34-15-14-31(42)18-36(34)44)27(2)58-32-22-55-38(56-23-32)11-7-5-8-29-13-12-28(19-45)17-35(29)43/h3-15,17-18,25-27,32,38H,1,16,20-24H2,2H3,(H,47,52)/b8-5+,11-7+. The zero-order chi connectivity index (χ0) is 41.5. The monoisotopic (exact) mass is 817 g/mol. The molecule has 0 bridgehead atoms. The van der Waals surface area contributed by atoms with Crippen LogP contribution in [0.15, 0.2) is 104 Å². The third-order valence-corrected chi connectivity index (χ3v) is 10.0. The van der Waals surface area contributed by atoms with Gasteiger partial charge in [-0.05, 0) is 43.3 Å². The Morgan fingerprint density at radius 1 is 1.09 bits per heavy atom. The number of nitrogens with zero attached hydrogens (tertiary/aromatic N) is 4. The van der Waals surface area contributed by atoms with Crippen molar-refractivity contribution < 1.29 is 51.2 Å². The van der Waals surface area contributed by atoms with Crippen molar-refractivity contribution in [1.82, 2.24) is 20.1 Å². The van der Waals surface area contributed by atoms with Gasteiger partial charge in [0.25, 0.3) is 0 Å². The molecule has 0 saturated carbocycles. The summed E-state index contributed by atoms with van der Waals surface area (Å²) in [5.74, 6) is -4.08. The predicted molar refractivity (Wildman–Crippen MR) is 205 cm³/mol. The predicted octanol–water partition coefficient (Wildman–Crippen LogP) is 6.41. The van der Waals surface area contributed by atoms with Gasteiger partial charge in [0.15, 0.2) is 11.9 Å². The minimum absolute atomic E-state index is 0.00808. The Bertz CT molecular complexity index is 2170. The highest BCUT2D eigenvalue weighted by Crippen LogP contribution is 2.42. The second-order valence-corrected chi connectivity index (χ2v) is 14.2. The maximum atomic E-state index is 15.9. The summed E-state index contributed by atoms with van der Waals surface area (Å²) in [6.07, 6.45) is 8.81. The second kappa shape index (κ2) is 20.8. The van der Waals surface area contributed by atoms with Gasteiger partial charge < -0.3 is 29.0 Å². The molecular formula is C41H38F3N5O8S. The fourth-order valence-electron chi connectivity index (χ4n) is 5.73. The van der Waals surface area contributed by atoms with Crippen LogP contribution < -0.4 is 5.32 Å². The number of nitriles is 1. The van der Waals surface area contributed by atoms with E-state index in [0.717, 1.165) is 12.1 Å². The van der Waals surface area contributed by atoms with Gasteiger partial charge in [-0.2, -0.15) is 10.4 Å². The average Bonchev–Trinajstić information content (AvgIpc) is 3.73. The van der Waals surface area contributed by atoms with Gasteiger partial charge >= 0.3 is 18.0 Å². The number of rotatable bonds is 17. The normalized spacial score (nSPS) is 16.9. The topological polar surface area (TPSA) is 164 Å². The lowest BCUT2D eigenvalue weighted by Gasteiger charge is -2.40. The maximum Gasteiger partial charge on any atom is 0.407 e. The first kappa shape index (κ1) is 42.9. The molecule has 1 fully saturated rings. The van der Waals surface area contributed by atoms with E-state index in [1.54, 1.807) is 37.3 Å². The lowest BCUT2D eigenvalue weighted by molar-refractivity contribution is -0.146. The first-order valence-electron chi connectivity index (χ1n) is 17.7. The molecule has 5 rings (SSSR count). The number of halogens is 3. The summed E-state index contributed by atoms with van der Waals surface area (Å²) in [4.78, 5) is 42.3. The van der Waals surface area contributed by atoms with Crippen LogP contribution in [0.1, 0.15) is 39.5 Å². The van der Waals surface area contributed by atoms with E-state index in [2.05, 4.69) is 22.0 Å². The Morgan fingerprint density at radius 3 is 2.59 bits per heavy atom. The van der Waals surface area contributed by atoms with Crippen LogP contribution in [0.5, 0.6) is 0 Å². The molecule has 58 heavy (non-hydrogen) atoms.